The number of aromatic hydroxyl groups is 1. The smallest absolute Gasteiger partial charge is 0.313 e. The van der Waals surface area contributed by atoms with Gasteiger partial charge in [0.1, 0.15) is 5.69 Å². The molecule has 2 aromatic carbocycles. The summed E-state index contributed by atoms with van der Waals surface area (Å²) in [6.07, 6.45) is 1.67. The second-order valence-electron chi connectivity index (χ2n) is 6.13. The minimum absolute atomic E-state index is 0.0627. The summed E-state index contributed by atoms with van der Waals surface area (Å²) < 4.78 is 1.66. The molecule has 0 aliphatic rings. The van der Waals surface area contributed by atoms with E-state index in [2.05, 4.69) is 27.0 Å². The predicted octanol–water partition coefficient (Wildman–Crippen LogP) is 4.85. The molecule has 0 bridgehead atoms. The van der Waals surface area contributed by atoms with Crippen LogP contribution in [-0.2, 0) is 6.54 Å². The Morgan fingerprint density at radius 3 is 2.71 bits per heavy atom. The van der Waals surface area contributed by atoms with Gasteiger partial charge in [0.05, 0.1) is 11.2 Å². The highest BCUT2D eigenvalue weighted by Crippen LogP contribution is 2.38. The molecule has 7 heteroatoms. The number of carbonyl (C=O) groups is 1. The summed E-state index contributed by atoms with van der Waals surface area (Å²) in [5, 5.41) is 25.8. The normalized spacial score (nSPS) is 11.3. The predicted molar refractivity (Wildman–Crippen MR) is 107 cm³/mol. The number of nitrogens with one attached hydrogen (secondary N) is 1. The van der Waals surface area contributed by atoms with Crippen LogP contribution in [0.2, 0.25) is 0 Å². The van der Waals surface area contributed by atoms with Crippen LogP contribution in [0, 0.1) is 0 Å². The number of rotatable bonds is 5. The summed E-state index contributed by atoms with van der Waals surface area (Å²) in [7, 11) is 0. The van der Waals surface area contributed by atoms with Gasteiger partial charge in [-0.15, -0.1) is 16.8 Å². The summed E-state index contributed by atoms with van der Waals surface area (Å²) >= 11 is 0. The number of aromatic nitrogens is 3. The van der Waals surface area contributed by atoms with Crippen molar-refractivity contribution in [3.63, 3.8) is 0 Å². The third-order valence-corrected chi connectivity index (χ3v) is 4.35. The van der Waals surface area contributed by atoms with E-state index in [-0.39, 0.29) is 17.3 Å². The number of azo groups is 1. The molecule has 2 N–H and O–H groups in total. The number of amides is 1. The maximum Gasteiger partial charge on any atom is 0.313 e. The van der Waals surface area contributed by atoms with Gasteiger partial charge in [-0.3, -0.25) is 9.89 Å². The minimum atomic E-state index is -0.574. The number of nitrogens with zero attached hydrogens (tertiary/aromatic N) is 4. The molecule has 0 aliphatic carbocycles. The second kappa shape index (κ2) is 7.32. The van der Waals surface area contributed by atoms with E-state index in [1.165, 1.54) is 0 Å². The number of hydrogen-bond acceptors (Lipinski definition) is 4. The molecule has 0 atom stereocenters. The number of fused-ring (bicyclic) bond motifs is 1. The molecule has 0 unspecified atom stereocenters. The van der Waals surface area contributed by atoms with E-state index < -0.39 is 5.91 Å². The molecular weight excluding hydrogens is 354 g/mol. The number of aromatic amines is 1. The van der Waals surface area contributed by atoms with Crippen LogP contribution in [0.1, 0.15) is 10.5 Å². The summed E-state index contributed by atoms with van der Waals surface area (Å²) in [6.45, 7) is 4.12. The molecule has 2 heterocycles. The van der Waals surface area contributed by atoms with E-state index in [1.54, 1.807) is 16.7 Å². The Hall–Kier alpha value is -4.00. The Morgan fingerprint density at radius 2 is 1.93 bits per heavy atom. The molecule has 7 nitrogen and oxygen atoms in total. The summed E-state index contributed by atoms with van der Waals surface area (Å²) in [4.78, 5) is 12.4. The molecular formula is C21H17N5O2. The van der Waals surface area contributed by atoms with Crippen molar-refractivity contribution in [3.8, 4) is 17.1 Å². The zero-order valence-electron chi connectivity index (χ0n) is 14.9. The first-order valence-corrected chi connectivity index (χ1v) is 8.67. The third-order valence-electron chi connectivity index (χ3n) is 4.35. The van der Waals surface area contributed by atoms with Gasteiger partial charge in [-0.2, -0.15) is 5.10 Å². The highest BCUT2D eigenvalue weighted by Gasteiger charge is 2.16. The zero-order chi connectivity index (χ0) is 19.5. The van der Waals surface area contributed by atoms with Crippen LogP contribution in [0.5, 0.6) is 5.88 Å². The van der Waals surface area contributed by atoms with Gasteiger partial charge in [0.25, 0.3) is 0 Å². The van der Waals surface area contributed by atoms with Crippen LogP contribution in [0.3, 0.4) is 0 Å². The van der Waals surface area contributed by atoms with Gasteiger partial charge >= 0.3 is 5.91 Å². The highest BCUT2D eigenvalue weighted by molar-refractivity contribution is 5.97. The summed E-state index contributed by atoms with van der Waals surface area (Å²) in [5.74, 6) is -0.637. The number of hydrogen-bond donors (Lipinski definition) is 2. The average molecular weight is 371 g/mol. The van der Waals surface area contributed by atoms with Crippen LogP contribution in [0.15, 0.2) is 83.5 Å². The molecule has 28 heavy (non-hydrogen) atoms. The van der Waals surface area contributed by atoms with Gasteiger partial charge in [-0.1, -0.05) is 54.6 Å². The van der Waals surface area contributed by atoms with Gasteiger partial charge in [0, 0.05) is 17.5 Å². The standard InChI is InChI=1S/C21H17N5O2/c1-2-12-26-18-11-7-6-10-15(18)19(21(26)28)24-25-20(27)17-13-16(22-23-17)14-8-4-3-5-9-14/h2-11,13,28H,1,12H2,(H,22,23). The first-order chi connectivity index (χ1) is 13.7. The first-order valence-electron chi connectivity index (χ1n) is 8.67. The molecule has 138 valence electrons. The quantitative estimate of drug-likeness (QED) is 0.388. The van der Waals surface area contributed by atoms with Crippen molar-refractivity contribution in [3.05, 3.63) is 79.0 Å². The van der Waals surface area contributed by atoms with Crippen molar-refractivity contribution in [2.75, 3.05) is 0 Å². The van der Waals surface area contributed by atoms with Crippen molar-refractivity contribution >= 4 is 22.5 Å². The fourth-order valence-corrected chi connectivity index (χ4v) is 3.02. The Morgan fingerprint density at radius 1 is 1.18 bits per heavy atom. The van der Waals surface area contributed by atoms with E-state index in [0.29, 0.717) is 17.6 Å². The first kappa shape index (κ1) is 17.4. The molecule has 0 fully saturated rings. The lowest BCUT2D eigenvalue weighted by atomic mass is 10.1. The molecule has 4 aromatic rings. The Bertz CT molecular complexity index is 1190. The lowest BCUT2D eigenvalue weighted by molar-refractivity contribution is 0.0990. The summed E-state index contributed by atoms with van der Waals surface area (Å²) in [6, 6.07) is 18.5. The molecule has 0 saturated heterocycles. The maximum atomic E-state index is 12.4. The Kier molecular flexibility index (Phi) is 4.55. The summed E-state index contributed by atoms with van der Waals surface area (Å²) in [5.41, 5.74) is 2.78. The lowest BCUT2D eigenvalue weighted by Gasteiger charge is -2.01. The average Bonchev–Trinajstić information content (AvgIpc) is 3.32. The van der Waals surface area contributed by atoms with Gasteiger partial charge in [0.15, 0.2) is 5.69 Å². The Balaban J connectivity index is 1.65. The van der Waals surface area contributed by atoms with Gasteiger partial charge in [0.2, 0.25) is 5.88 Å². The SMILES string of the molecule is C=CCn1c(O)c(N=NC(=O)c2cc(-c3ccccc3)n[nH]2)c2ccccc21. The van der Waals surface area contributed by atoms with Crippen LogP contribution >= 0.6 is 0 Å². The molecule has 0 radical (unpaired) electrons. The zero-order valence-corrected chi connectivity index (χ0v) is 14.9. The van der Waals surface area contributed by atoms with E-state index in [9.17, 15) is 9.90 Å². The highest BCUT2D eigenvalue weighted by atomic mass is 16.3. The number of para-hydroxylation sites is 1. The van der Waals surface area contributed by atoms with Gasteiger partial charge in [-0.05, 0) is 12.1 Å². The number of H-pyrrole nitrogens is 1. The van der Waals surface area contributed by atoms with E-state index >= 15 is 0 Å². The topological polar surface area (TPSA) is 95.6 Å². The number of carbonyl (C=O) groups excluding carboxylic acids is 1. The van der Waals surface area contributed by atoms with Crippen LogP contribution in [-0.4, -0.2) is 25.8 Å². The van der Waals surface area contributed by atoms with Crippen molar-refractivity contribution in [1.82, 2.24) is 14.8 Å². The third kappa shape index (κ3) is 3.09. The van der Waals surface area contributed by atoms with Gasteiger partial charge < -0.3 is 9.67 Å². The van der Waals surface area contributed by atoms with Gasteiger partial charge in [-0.25, -0.2) is 0 Å². The van der Waals surface area contributed by atoms with E-state index in [1.807, 2.05) is 54.6 Å². The fourth-order valence-electron chi connectivity index (χ4n) is 3.02. The van der Waals surface area contributed by atoms with Crippen molar-refractivity contribution in [2.24, 2.45) is 10.2 Å². The van der Waals surface area contributed by atoms with Crippen LogP contribution in [0.4, 0.5) is 5.69 Å². The molecule has 0 saturated carbocycles. The molecule has 0 aliphatic heterocycles. The second-order valence-corrected chi connectivity index (χ2v) is 6.13. The molecule has 1 amide bonds. The van der Waals surface area contributed by atoms with Crippen molar-refractivity contribution in [1.29, 1.82) is 0 Å². The minimum Gasteiger partial charge on any atom is -0.493 e. The van der Waals surface area contributed by atoms with Crippen LogP contribution in [0.25, 0.3) is 22.2 Å². The number of allylic oxidation sites excluding steroid dienone is 1. The van der Waals surface area contributed by atoms with Crippen molar-refractivity contribution in [2.45, 2.75) is 6.54 Å². The van der Waals surface area contributed by atoms with E-state index in [4.69, 9.17) is 0 Å². The molecule has 4 rings (SSSR count). The number of benzene rings is 2. The lowest BCUT2D eigenvalue weighted by Crippen LogP contribution is -1.94. The van der Waals surface area contributed by atoms with Crippen LogP contribution < -0.4 is 0 Å². The maximum absolute atomic E-state index is 12.4. The van der Waals surface area contributed by atoms with Crippen molar-refractivity contribution < 1.29 is 9.90 Å². The monoisotopic (exact) mass is 371 g/mol. The Labute approximate surface area is 160 Å². The molecule has 0 spiro atoms. The van der Waals surface area contributed by atoms with E-state index in [0.717, 1.165) is 11.1 Å². The molecule has 2 aromatic heterocycles. The largest absolute Gasteiger partial charge is 0.493 e. The fraction of sp³-hybridized carbons (Fsp3) is 0.0476.